The van der Waals surface area contributed by atoms with Crippen LogP contribution in [0.2, 0.25) is 5.02 Å². The maximum absolute atomic E-state index is 12.3. The Labute approximate surface area is 197 Å². The van der Waals surface area contributed by atoms with Crippen molar-refractivity contribution < 1.29 is 9.53 Å². The Kier molecular flexibility index (Phi) is 6.33. The van der Waals surface area contributed by atoms with Gasteiger partial charge in [-0.2, -0.15) is 0 Å². The first kappa shape index (κ1) is 22.7. The summed E-state index contributed by atoms with van der Waals surface area (Å²) in [5.74, 6) is 0.602. The molecule has 3 heterocycles. The van der Waals surface area contributed by atoms with Crippen LogP contribution in [0.5, 0.6) is 5.75 Å². The number of pyridine rings is 2. The molecule has 4 rings (SSSR count). The molecule has 0 radical (unpaired) electrons. The first-order valence-electron chi connectivity index (χ1n) is 10.6. The van der Waals surface area contributed by atoms with Crippen LogP contribution in [0.1, 0.15) is 37.6 Å². The van der Waals surface area contributed by atoms with Crippen molar-refractivity contribution in [2.75, 3.05) is 0 Å². The van der Waals surface area contributed by atoms with E-state index in [0.717, 1.165) is 33.4 Å². The number of imidazole rings is 1. The number of hydrogen-bond acceptors (Lipinski definition) is 5. The second-order valence-electron chi connectivity index (χ2n) is 8.89. The number of halogens is 1. The normalized spacial score (nSPS) is 11.5. The van der Waals surface area contributed by atoms with E-state index in [1.54, 1.807) is 24.9 Å². The van der Waals surface area contributed by atoms with Crippen LogP contribution in [-0.2, 0) is 17.9 Å². The van der Waals surface area contributed by atoms with Gasteiger partial charge in [-0.25, -0.2) is 9.97 Å². The van der Waals surface area contributed by atoms with Crippen LogP contribution >= 0.6 is 11.6 Å². The van der Waals surface area contributed by atoms with E-state index >= 15 is 0 Å². The highest BCUT2D eigenvalue weighted by Gasteiger charge is 2.21. The van der Waals surface area contributed by atoms with Crippen molar-refractivity contribution >= 4 is 28.4 Å². The lowest BCUT2D eigenvalue weighted by molar-refractivity contribution is -0.128. The standard InChI is InChI=1S/C25H26ClN5O2/c1-16-10-21(31-9-8-27-15-31)18-6-5-7-22(23(18)30-16)33-14-19-17(11-28-13-20(19)26)12-29-24(32)25(2,3)4/h5-11,13,15H,12,14H2,1-4H3,(H,29,32). The summed E-state index contributed by atoms with van der Waals surface area (Å²) in [6.45, 7) is 8.10. The van der Waals surface area contributed by atoms with Crippen molar-refractivity contribution in [2.45, 2.75) is 40.8 Å². The van der Waals surface area contributed by atoms with Crippen molar-refractivity contribution in [1.82, 2.24) is 24.8 Å². The highest BCUT2D eigenvalue weighted by molar-refractivity contribution is 6.31. The quantitative estimate of drug-likeness (QED) is 0.434. The zero-order valence-corrected chi connectivity index (χ0v) is 19.8. The zero-order valence-electron chi connectivity index (χ0n) is 19.1. The lowest BCUT2D eigenvalue weighted by Crippen LogP contribution is -2.34. The minimum atomic E-state index is -0.484. The van der Waals surface area contributed by atoms with E-state index in [2.05, 4.69) is 15.3 Å². The van der Waals surface area contributed by atoms with Gasteiger partial charge in [0, 0.05) is 53.4 Å². The van der Waals surface area contributed by atoms with Gasteiger partial charge < -0.3 is 14.6 Å². The average Bonchev–Trinajstić information content (AvgIpc) is 3.30. The van der Waals surface area contributed by atoms with Gasteiger partial charge in [-0.1, -0.05) is 44.5 Å². The van der Waals surface area contributed by atoms with E-state index in [1.165, 1.54) is 0 Å². The van der Waals surface area contributed by atoms with Crippen molar-refractivity contribution in [2.24, 2.45) is 5.41 Å². The molecular formula is C25H26ClN5O2. The topological polar surface area (TPSA) is 81.9 Å². The number of para-hydroxylation sites is 1. The third-order valence-electron chi connectivity index (χ3n) is 5.28. The molecule has 0 fully saturated rings. The molecule has 0 saturated heterocycles. The fourth-order valence-corrected chi connectivity index (χ4v) is 3.70. The second kappa shape index (κ2) is 9.19. The fraction of sp³-hybridized carbons (Fsp3) is 0.280. The average molecular weight is 464 g/mol. The van der Waals surface area contributed by atoms with Gasteiger partial charge in [0.2, 0.25) is 5.91 Å². The number of rotatable bonds is 6. The highest BCUT2D eigenvalue weighted by atomic mass is 35.5. The Bertz CT molecular complexity index is 1300. The predicted molar refractivity (Wildman–Crippen MR) is 128 cm³/mol. The first-order valence-corrected chi connectivity index (χ1v) is 11.0. The molecule has 0 atom stereocenters. The fourth-order valence-electron chi connectivity index (χ4n) is 3.47. The van der Waals surface area contributed by atoms with Crippen LogP contribution < -0.4 is 10.1 Å². The summed E-state index contributed by atoms with van der Waals surface area (Å²) in [6.07, 6.45) is 8.69. The minimum absolute atomic E-state index is 0.0462. The Morgan fingerprint density at radius 3 is 2.76 bits per heavy atom. The van der Waals surface area contributed by atoms with Gasteiger partial charge in [0.05, 0.1) is 17.0 Å². The van der Waals surface area contributed by atoms with E-state index in [0.29, 0.717) is 17.3 Å². The van der Waals surface area contributed by atoms with Crippen LogP contribution in [0, 0.1) is 12.3 Å². The van der Waals surface area contributed by atoms with Crippen molar-refractivity contribution in [3.63, 3.8) is 0 Å². The van der Waals surface area contributed by atoms with Gasteiger partial charge in [-0.05, 0) is 24.6 Å². The molecule has 0 aliphatic rings. The molecular weight excluding hydrogens is 438 g/mol. The zero-order chi connectivity index (χ0) is 23.6. The molecule has 0 aliphatic heterocycles. The van der Waals surface area contributed by atoms with Crippen LogP contribution in [0.3, 0.4) is 0 Å². The number of nitrogens with zero attached hydrogens (tertiary/aromatic N) is 4. The number of carbonyl (C=O) groups excluding carboxylic acids is 1. The van der Waals surface area contributed by atoms with Crippen molar-refractivity contribution in [1.29, 1.82) is 0 Å². The number of aryl methyl sites for hydroxylation is 1. The Balaban J connectivity index is 1.63. The summed E-state index contributed by atoms with van der Waals surface area (Å²) >= 11 is 6.46. The van der Waals surface area contributed by atoms with Gasteiger partial charge in [0.15, 0.2) is 0 Å². The van der Waals surface area contributed by atoms with Gasteiger partial charge in [-0.15, -0.1) is 0 Å². The third kappa shape index (κ3) is 4.98. The number of fused-ring (bicyclic) bond motifs is 1. The molecule has 1 amide bonds. The molecule has 7 nitrogen and oxygen atoms in total. The second-order valence-corrected chi connectivity index (χ2v) is 9.29. The van der Waals surface area contributed by atoms with Crippen molar-refractivity contribution in [3.05, 3.63) is 77.2 Å². The van der Waals surface area contributed by atoms with Crippen LogP contribution in [0.15, 0.2) is 55.4 Å². The molecule has 33 heavy (non-hydrogen) atoms. The highest BCUT2D eigenvalue weighted by Crippen LogP contribution is 2.30. The summed E-state index contributed by atoms with van der Waals surface area (Å²) in [5.41, 5.74) is 3.71. The maximum Gasteiger partial charge on any atom is 0.225 e. The van der Waals surface area contributed by atoms with Crippen LogP contribution in [0.25, 0.3) is 16.6 Å². The SMILES string of the molecule is Cc1cc(-n2ccnc2)c2cccc(OCc3c(Cl)cncc3CNC(=O)C(C)(C)C)c2n1. The summed E-state index contributed by atoms with van der Waals surface area (Å²) in [7, 11) is 0. The maximum atomic E-state index is 12.3. The molecule has 4 aromatic rings. The summed E-state index contributed by atoms with van der Waals surface area (Å²) in [5, 5.41) is 4.39. The summed E-state index contributed by atoms with van der Waals surface area (Å²) < 4.78 is 8.17. The van der Waals surface area contributed by atoms with E-state index in [9.17, 15) is 4.79 Å². The van der Waals surface area contributed by atoms with E-state index < -0.39 is 5.41 Å². The molecule has 3 aromatic heterocycles. The Morgan fingerprint density at radius 2 is 2.03 bits per heavy atom. The monoisotopic (exact) mass is 463 g/mol. The molecule has 1 N–H and O–H groups in total. The molecule has 0 bridgehead atoms. The molecule has 0 aliphatic carbocycles. The summed E-state index contributed by atoms with van der Waals surface area (Å²) in [4.78, 5) is 25.4. The van der Waals surface area contributed by atoms with Crippen LogP contribution in [0.4, 0.5) is 0 Å². The van der Waals surface area contributed by atoms with Gasteiger partial charge in [0.25, 0.3) is 0 Å². The lowest BCUT2D eigenvalue weighted by atomic mass is 9.95. The molecule has 8 heteroatoms. The molecule has 1 aromatic carbocycles. The predicted octanol–water partition coefficient (Wildman–Crippen LogP) is 5.02. The number of benzene rings is 1. The number of nitrogens with one attached hydrogen (secondary N) is 1. The van der Waals surface area contributed by atoms with E-state index in [1.807, 2.05) is 62.7 Å². The lowest BCUT2D eigenvalue weighted by Gasteiger charge is -2.19. The minimum Gasteiger partial charge on any atom is -0.487 e. The first-order chi connectivity index (χ1) is 15.7. The van der Waals surface area contributed by atoms with Crippen molar-refractivity contribution in [3.8, 4) is 11.4 Å². The molecule has 0 unspecified atom stereocenters. The van der Waals surface area contributed by atoms with Gasteiger partial charge in [-0.3, -0.25) is 9.78 Å². The number of carbonyl (C=O) groups is 1. The Morgan fingerprint density at radius 1 is 1.21 bits per heavy atom. The van der Waals surface area contributed by atoms with E-state index in [-0.39, 0.29) is 12.5 Å². The molecule has 0 saturated carbocycles. The van der Waals surface area contributed by atoms with Crippen LogP contribution in [-0.4, -0.2) is 25.4 Å². The van der Waals surface area contributed by atoms with Gasteiger partial charge >= 0.3 is 0 Å². The number of hydrogen-bond donors (Lipinski definition) is 1. The molecule has 0 spiro atoms. The number of aromatic nitrogens is 4. The number of amides is 1. The Hall–Kier alpha value is -3.45. The van der Waals surface area contributed by atoms with Gasteiger partial charge in [0.1, 0.15) is 17.9 Å². The molecule has 170 valence electrons. The van der Waals surface area contributed by atoms with E-state index in [4.69, 9.17) is 21.3 Å². The smallest absolute Gasteiger partial charge is 0.225 e. The summed E-state index contributed by atoms with van der Waals surface area (Å²) in [6, 6.07) is 7.86. The largest absolute Gasteiger partial charge is 0.487 e. The third-order valence-corrected chi connectivity index (χ3v) is 5.60. The number of ether oxygens (including phenoxy) is 1.